The van der Waals surface area contributed by atoms with Crippen molar-refractivity contribution < 1.29 is 14.3 Å². The molecule has 1 heterocycles. The van der Waals surface area contributed by atoms with Crippen molar-refractivity contribution in [1.29, 1.82) is 0 Å². The van der Waals surface area contributed by atoms with E-state index in [1.165, 1.54) is 12.4 Å². The molecule has 6 nitrogen and oxygen atoms in total. The number of carbonyl (C=O) groups is 1. The van der Waals surface area contributed by atoms with E-state index in [4.69, 9.17) is 21.1 Å². The van der Waals surface area contributed by atoms with Crippen molar-refractivity contribution in [3.05, 3.63) is 53.3 Å². The van der Waals surface area contributed by atoms with E-state index in [-0.39, 0.29) is 24.8 Å². The van der Waals surface area contributed by atoms with Gasteiger partial charge in [0, 0.05) is 6.04 Å². The molecule has 0 radical (unpaired) electrons. The van der Waals surface area contributed by atoms with Crippen LogP contribution in [0.15, 0.2) is 42.7 Å². The van der Waals surface area contributed by atoms with Crippen LogP contribution in [-0.2, 0) is 11.3 Å². The molecule has 1 amide bonds. The van der Waals surface area contributed by atoms with Gasteiger partial charge in [-0.3, -0.25) is 0 Å². The lowest BCUT2D eigenvalue weighted by molar-refractivity contribution is 0.111. The fraction of sp³-hybridized carbons (Fsp3) is 0.389. The maximum atomic E-state index is 11.9. The van der Waals surface area contributed by atoms with Crippen molar-refractivity contribution >= 4 is 17.7 Å². The summed E-state index contributed by atoms with van der Waals surface area (Å²) < 4.78 is 11.0. The highest BCUT2D eigenvalue weighted by atomic mass is 35.5. The molecule has 25 heavy (non-hydrogen) atoms. The molecule has 0 spiro atoms. The van der Waals surface area contributed by atoms with Gasteiger partial charge in [0.15, 0.2) is 0 Å². The van der Waals surface area contributed by atoms with Crippen LogP contribution in [0.5, 0.6) is 6.01 Å². The molecule has 0 atom stereocenters. The van der Waals surface area contributed by atoms with Crippen LogP contribution in [0.1, 0.15) is 31.2 Å². The number of aromatic nitrogens is 2. The highest BCUT2D eigenvalue weighted by molar-refractivity contribution is 6.30. The fourth-order valence-electron chi connectivity index (χ4n) is 2.77. The largest absolute Gasteiger partial charge is 0.460 e. The van der Waals surface area contributed by atoms with Crippen LogP contribution >= 0.6 is 11.6 Å². The summed E-state index contributed by atoms with van der Waals surface area (Å²) in [6.45, 7) is 0.277. The monoisotopic (exact) mass is 361 g/mol. The van der Waals surface area contributed by atoms with Gasteiger partial charge in [0.1, 0.15) is 12.7 Å². The maximum absolute atomic E-state index is 11.9. The van der Waals surface area contributed by atoms with Crippen molar-refractivity contribution in [1.82, 2.24) is 15.3 Å². The second-order valence-corrected chi connectivity index (χ2v) is 6.42. The van der Waals surface area contributed by atoms with Gasteiger partial charge in [0.2, 0.25) is 0 Å². The summed E-state index contributed by atoms with van der Waals surface area (Å²) in [5.41, 5.74) is 0.970. The first-order chi connectivity index (χ1) is 12.2. The Morgan fingerprint density at radius 3 is 2.48 bits per heavy atom. The number of carbonyl (C=O) groups excluding carboxylic acids is 1. The zero-order valence-electron chi connectivity index (χ0n) is 13.7. The lowest BCUT2D eigenvalue weighted by Gasteiger charge is -2.28. The van der Waals surface area contributed by atoms with Crippen molar-refractivity contribution in [2.24, 2.45) is 0 Å². The molecule has 0 unspecified atom stereocenters. The van der Waals surface area contributed by atoms with Crippen molar-refractivity contribution in [3.8, 4) is 6.01 Å². The molecule has 132 valence electrons. The fourth-order valence-corrected chi connectivity index (χ4v) is 2.86. The Balaban J connectivity index is 1.37. The Bertz CT molecular complexity index is 674. The summed E-state index contributed by atoms with van der Waals surface area (Å²) in [6, 6.07) is 10.1. The lowest BCUT2D eigenvalue weighted by Crippen LogP contribution is -2.40. The van der Waals surface area contributed by atoms with Crippen LogP contribution in [0, 0.1) is 0 Å². The van der Waals surface area contributed by atoms with Crippen molar-refractivity contribution in [3.63, 3.8) is 0 Å². The van der Waals surface area contributed by atoms with Gasteiger partial charge in [0.25, 0.3) is 0 Å². The lowest BCUT2D eigenvalue weighted by atomic mass is 9.93. The number of hydrogen-bond acceptors (Lipinski definition) is 5. The molecule has 0 saturated heterocycles. The van der Waals surface area contributed by atoms with Gasteiger partial charge in [-0.15, -0.1) is 0 Å². The third-order valence-corrected chi connectivity index (χ3v) is 4.27. The van der Waals surface area contributed by atoms with E-state index in [0.29, 0.717) is 11.0 Å². The highest BCUT2D eigenvalue weighted by Crippen LogP contribution is 2.22. The van der Waals surface area contributed by atoms with E-state index < -0.39 is 0 Å². The zero-order chi connectivity index (χ0) is 17.5. The molecule has 7 heteroatoms. The molecule has 1 saturated carbocycles. The van der Waals surface area contributed by atoms with Crippen LogP contribution in [-0.4, -0.2) is 28.2 Å². The van der Waals surface area contributed by atoms with E-state index in [9.17, 15) is 4.79 Å². The number of halogens is 1. The van der Waals surface area contributed by atoms with Crippen LogP contribution in [0.4, 0.5) is 4.79 Å². The summed E-state index contributed by atoms with van der Waals surface area (Å²) in [7, 11) is 0. The smallest absolute Gasteiger partial charge is 0.407 e. The predicted octanol–water partition coefficient (Wildman–Crippen LogP) is 3.75. The Hall–Kier alpha value is -2.34. The summed E-state index contributed by atoms with van der Waals surface area (Å²) in [6.07, 6.45) is 6.02. The predicted molar refractivity (Wildman–Crippen MR) is 93.5 cm³/mol. The minimum absolute atomic E-state index is 0.0552. The number of rotatable bonds is 5. The minimum atomic E-state index is -0.380. The van der Waals surface area contributed by atoms with Gasteiger partial charge in [-0.25, -0.2) is 14.8 Å². The van der Waals surface area contributed by atoms with Crippen molar-refractivity contribution in [2.75, 3.05) is 0 Å². The summed E-state index contributed by atoms with van der Waals surface area (Å²) in [5.74, 6) is 0. The van der Waals surface area contributed by atoms with Gasteiger partial charge in [-0.1, -0.05) is 41.9 Å². The average Bonchev–Trinajstić information content (AvgIpc) is 2.64. The molecule has 1 aliphatic rings. The SMILES string of the molecule is O=C(NC1CCC(Oc2ncc(Cl)cn2)CC1)OCc1ccccc1. The Morgan fingerprint density at radius 2 is 1.80 bits per heavy atom. The van der Waals surface area contributed by atoms with Crippen LogP contribution < -0.4 is 10.1 Å². The molecule has 1 aromatic carbocycles. The number of amides is 1. The topological polar surface area (TPSA) is 73.3 Å². The number of nitrogens with one attached hydrogen (secondary N) is 1. The normalized spacial score (nSPS) is 19.9. The Kier molecular flexibility index (Phi) is 6.06. The average molecular weight is 362 g/mol. The maximum Gasteiger partial charge on any atom is 0.407 e. The zero-order valence-corrected chi connectivity index (χ0v) is 14.5. The minimum Gasteiger partial charge on any atom is -0.460 e. The van der Waals surface area contributed by atoms with E-state index >= 15 is 0 Å². The summed E-state index contributed by atoms with van der Waals surface area (Å²) in [4.78, 5) is 20.0. The van der Waals surface area contributed by atoms with Crippen LogP contribution in [0.2, 0.25) is 5.02 Å². The van der Waals surface area contributed by atoms with E-state index in [2.05, 4.69) is 15.3 Å². The molecule has 1 N–H and O–H groups in total. The summed E-state index contributed by atoms with van der Waals surface area (Å²) >= 11 is 5.75. The molecular formula is C18H20ClN3O3. The van der Waals surface area contributed by atoms with Crippen molar-refractivity contribution in [2.45, 2.75) is 44.4 Å². The molecular weight excluding hydrogens is 342 g/mol. The van der Waals surface area contributed by atoms with Gasteiger partial charge < -0.3 is 14.8 Å². The molecule has 3 rings (SSSR count). The Morgan fingerprint density at radius 1 is 1.12 bits per heavy atom. The number of ether oxygens (including phenoxy) is 2. The number of alkyl carbamates (subject to hydrolysis) is 1. The first-order valence-electron chi connectivity index (χ1n) is 8.30. The quantitative estimate of drug-likeness (QED) is 0.878. The van der Waals surface area contributed by atoms with Crippen LogP contribution in [0.3, 0.4) is 0 Å². The molecule has 0 bridgehead atoms. The molecule has 0 aliphatic heterocycles. The van der Waals surface area contributed by atoms with Gasteiger partial charge in [-0.05, 0) is 31.2 Å². The summed E-state index contributed by atoms with van der Waals surface area (Å²) in [5, 5.41) is 3.40. The second kappa shape index (κ2) is 8.67. The van der Waals surface area contributed by atoms with Gasteiger partial charge >= 0.3 is 12.1 Å². The molecule has 1 aromatic heterocycles. The standard InChI is InChI=1S/C18H20ClN3O3/c19-14-10-20-17(21-11-14)25-16-8-6-15(7-9-16)22-18(23)24-12-13-4-2-1-3-5-13/h1-5,10-11,15-16H,6-9,12H2,(H,22,23). The second-order valence-electron chi connectivity index (χ2n) is 5.98. The van der Waals surface area contributed by atoms with E-state index in [0.717, 1.165) is 31.2 Å². The third kappa shape index (κ3) is 5.60. The first-order valence-corrected chi connectivity index (χ1v) is 8.68. The van der Waals surface area contributed by atoms with Crippen LogP contribution in [0.25, 0.3) is 0 Å². The molecule has 2 aromatic rings. The molecule has 1 aliphatic carbocycles. The van der Waals surface area contributed by atoms with Gasteiger partial charge in [-0.2, -0.15) is 0 Å². The number of benzene rings is 1. The number of nitrogens with zero attached hydrogens (tertiary/aromatic N) is 2. The first kappa shape index (κ1) is 17.5. The van der Waals surface area contributed by atoms with E-state index in [1.807, 2.05) is 30.3 Å². The van der Waals surface area contributed by atoms with Gasteiger partial charge in [0.05, 0.1) is 17.4 Å². The Labute approximate surface area is 151 Å². The third-order valence-electron chi connectivity index (χ3n) is 4.08. The number of hydrogen-bond donors (Lipinski definition) is 1. The molecule has 1 fully saturated rings. The highest BCUT2D eigenvalue weighted by Gasteiger charge is 2.24. The van der Waals surface area contributed by atoms with E-state index in [1.54, 1.807) is 0 Å².